The summed E-state index contributed by atoms with van der Waals surface area (Å²) < 4.78 is 31.8. The van der Waals surface area contributed by atoms with Crippen molar-refractivity contribution in [3.63, 3.8) is 0 Å². The van der Waals surface area contributed by atoms with Crippen LogP contribution in [0.5, 0.6) is 0 Å². The summed E-state index contributed by atoms with van der Waals surface area (Å²) in [5, 5.41) is 11.4. The second-order valence-electron chi connectivity index (χ2n) is 4.88. The molecule has 9 heteroatoms. The number of carbonyl (C=O) groups is 2. The van der Waals surface area contributed by atoms with Crippen molar-refractivity contribution >= 4 is 23.2 Å². The number of amides is 2. The number of thiophene rings is 1. The van der Waals surface area contributed by atoms with E-state index in [1.165, 1.54) is 7.11 Å². The van der Waals surface area contributed by atoms with Crippen LogP contribution in [0.4, 0.5) is 8.78 Å². The molecule has 0 unspecified atom stereocenters. The third kappa shape index (κ3) is 2.63. The minimum Gasteiger partial charge on any atom is -0.380 e. The monoisotopic (exact) mass is 320 g/mol. The molecule has 21 heavy (non-hydrogen) atoms. The van der Waals surface area contributed by atoms with Crippen LogP contribution in [0.1, 0.15) is 15.2 Å². The van der Waals surface area contributed by atoms with Crippen molar-refractivity contribution in [2.45, 2.75) is 18.1 Å². The van der Waals surface area contributed by atoms with Gasteiger partial charge in [-0.3, -0.25) is 9.59 Å². The number of nitrogens with two attached hydrogens (primary N) is 1. The van der Waals surface area contributed by atoms with Gasteiger partial charge in [0.05, 0.1) is 24.6 Å². The fourth-order valence-electron chi connectivity index (χ4n) is 2.04. The van der Waals surface area contributed by atoms with Crippen molar-refractivity contribution in [2.24, 2.45) is 5.73 Å². The number of halogens is 2. The standard InChI is InChI=1S/C12H14F2N2O4S/c1-20-3-7-2-8(21-4-7)9(17)16-5-11(19,6-16)12(13,14)10(15)18/h2,4,19H,3,5-6H2,1H3,(H2,15,18). The number of aliphatic hydroxyl groups is 1. The second kappa shape index (κ2) is 5.32. The van der Waals surface area contributed by atoms with Gasteiger partial charge in [-0.05, 0) is 17.0 Å². The number of nitrogens with zero attached hydrogens (tertiary/aromatic N) is 1. The van der Waals surface area contributed by atoms with Gasteiger partial charge in [-0.1, -0.05) is 0 Å². The molecule has 116 valence electrons. The minimum absolute atomic E-state index is 0.341. The summed E-state index contributed by atoms with van der Waals surface area (Å²) in [6.07, 6.45) is 0. The van der Waals surface area contributed by atoms with Gasteiger partial charge in [0.1, 0.15) is 0 Å². The molecule has 2 amide bonds. The smallest absolute Gasteiger partial charge is 0.355 e. The van der Waals surface area contributed by atoms with Crippen LogP contribution in [0.25, 0.3) is 0 Å². The van der Waals surface area contributed by atoms with E-state index in [-0.39, 0.29) is 0 Å². The number of ether oxygens (including phenoxy) is 1. The first-order valence-electron chi connectivity index (χ1n) is 5.97. The Morgan fingerprint density at radius 1 is 1.57 bits per heavy atom. The Morgan fingerprint density at radius 2 is 2.19 bits per heavy atom. The van der Waals surface area contributed by atoms with Gasteiger partial charge < -0.3 is 20.5 Å². The second-order valence-corrected chi connectivity index (χ2v) is 5.79. The Bertz CT molecular complexity index is 569. The largest absolute Gasteiger partial charge is 0.380 e. The molecule has 0 aliphatic carbocycles. The van der Waals surface area contributed by atoms with E-state index in [1.54, 1.807) is 11.4 Å². The highest BCUT2D eigenvalue weighted by Gasteiger charge is 2.64. The number of primary amides is 1. The highest BCUT2D eigenvalue weighted by atomic mass is 32.1. The SMILES string of the molecule is COCc1csc(C(=O)N2CC(O)(C(F)(F)C(N)=O)C2)c1. The summed E-state index contributed by atoms with van der Waals surface area (Å²) in [4.78, 5) is 24.1. The molecule has 1 aliphatic heterocycles. The quantitative estimate of drug-likeness (QED) is 0.811. The fraction of sp³-hybridized carbons (Fsp3) is 0.500. The molecule has 1 fully saturated rings. The van der Waals surface area contributed by atoms with Crippen LogP contribution in [0.15, 0.2) is 11.4 Å². The van der Waals surface area contributed by atoms with Gasteiger partial charge >= 0.3 is 5.92 Å². The van der Waals surface area contributed by atoms with Crippen molar-refractivity contribution < 1.29 is 28.2 Å². The number of β-amino-alcohol motifs (C(OH)–C–C–N with tert-alkyl or cyclic N) is 1. The van der Waals surface area contributed by atoms with E-state index in [0.29, 0.717) is 11.5 Å². The van der Waals surface area contributed by atoms with E-state index in [4.69, 9.17) is 4.74 Å². The topological polar surface area (TPSA) is 92.9 Å². The molecular formula is C12H14F2N2O4S. The molecule has 0 atom stereocenters. The summed E-state index contributed by atoms with van der Waals surface area (Å²) in [6.45, 7) is -0.938. The molecule has 6 nitrogen and oxygen atoms in total. The summed E-state index contributed by atoms with van der Waals surface area (Å²) >= 11 is 1.16. The molecule has 1 aromatic heterocycles. The zero-order chi connectivity index (χ0) is 15.8. The van der Waals surface area contributed by atoms with Gasteiger partial charge in [0, 0.05) is 7.11 Å². The lowest BCUT2D eigenvalue weighted by molar-refractivity contribution is -0.224. The maximum atomic E-state index is 13.4. The summed E-state index contributed by atoms with van der Waals surface area (Å²) in [5.41, 5.74) is 2.77. The van der Waals surface area contributed by atoms with Crippen LogP contribution in [-0.2, 0) is 16.1 Å². The Kier molecular flexibility index (Phi) is 4.00. The number of hydrogen-bond donors (Lipinski definition) is 2. The third-order valence-corrected chi connectivity index (χ3v) is 4.23. The van der Waals surface area contributed by atoms with Crippen LogP contribution in [0.3, 0.4) is 0 Å². The van der Waals surface area contributed by atoms with E-state index in [1.807, 2.05) is 0 Å². The fourth-order valence-corrected chi connectivity index (χ4v) is 2.91. The zero-order valence-corrected chi connectivity index (χ0v) is 12.0. The van der Waals surface area contributed by atoms with E-state index in [0.717, 1.165) is 21.8 Å². The molecule has 0 spiro atoms. The first-order chi connectivity index (χ1) is 9.71. The van der Waals surface area contributed by atoms with Crippen molar-refractivity contribution in [3.05, 3.63) is 21.9 Å². The molecule has 2 heterocycles. The molecule has 0 saturated carbocycles. The lowest BCUT2D eigenvalue weighted by Gasteiger charge is -2.48. The molecule has 1 aliphatic rings. The van der Waals surface area contributed by atoms with Crippen LogP contribution in [0.2, 0.25) is 0 Å². The minimum atomic E-state index is -4.07. The van der Waals surface area contributed by atoms with Gasteiger partial charge in [-0.15, -0.1) is 11.3 Å². The first kappa shape index (κ1) is 15.8. The maximum Gasteiger partial charge on any atom is 0.355 e. The molecule has 3 N–H and O–H groups in total. The number of likely N-dealkylation sites (tertiary alicyclic amines) is 1. The van der Waals surface area contributed by atoms with Crippen LogP contribution in [-0.4, -0.2) is 53.5 Å². The Balaban J connectivity index is 2.03. The highest BCUT2D eigenvalue weighted by Crippen LogP contribution is 2.37. The van der Waals surface area contributed by atoms with Crippen LogP contribution < -0.4 is 5.73 Å². The number of hydrogen-bond acceptors (Lipinski definition) is 5. The predicted molar refractivity (Wildman–Crippen MR) is 70.0 cm³/mol. The van der Waals surface area contributed by atoms with Crippen molar-refractivity contribution in [2.75, 3.05) is 20.2 Å². The van der Waals surface area contributed by atoms with Gasteiger partial charge in [0.15, 0.2) is 5.60 Å². The lowest BCUT2D eigenvalue weighted by Crippen LogP contribution is -2.74. The van der Waals surface area contributed by atoms with Gasteiger partial charge in [-0.2, -0.15) is 8.78 Å². The summed E-state index contributed by atoms with van der Waals surface area (Å²) in [5.74, 6) is -6.46. The lowest BCUT2D eigenvalue weighted by atomic mass is 9.86. The Morgan fingerprint density at radius 3 is 2.71 bits per heavy atom. The molecule has 0 radical (unpaired) electrons. The van der Waals surface area contributed by atoms with E-state index in [2.05, 4.69) is 5.73 Å². The molecule has 0 aromatic carbocycles. The van der Waals surface area contributed by atoms with Crippen LogP contribution in [0, 0.1) is 0 Å². The molecule has 1 aromatic rings. The van der Waals surface area contributed by atoms with E-state index in [9.17, 15) is 23.5 Å². The number of carbonyl (C=O) groups excluding carboxylic acids is 2. The summed E-state index contributed by atoms with van der Waals surface area (Å²) in [7, 11) is 1.51. The highest BCUT2D eigenvalue weighted by molar-refractivity contribution is 7.12. The molecule has 1 saturated heterocycles. The first-order valence-corrected chi connectivity index (χ1v) is 6.85. The Hall–Kier alpha value is -1.58. The zero-order valence-electron chi connectivity index (χ0n) is 11.1. The normalized spacial score (nSPS) is 17.4. The van der Waals surface area contributed by atoms with Crippen LogP contribution >= 0.6 is 11.3 Å². The van der Waals surface area contributed by atoms with E-state index >= 15 is 0 Å². The van der Waals surface area contributed by atoms with E-state index < -0.39 is 36.4 Å². The van der Waals surface area contributed by atoms with Crippen molar-refractivity contribution in [1.82, 2.24) is 4.90 Å². The third-order valence-electron chi connectivity index (χ3n) is 3.26. The van der Waals surface area contributed by atoms with Gasteiger partial charge in [0.2, 0.25) is 0 Å². The number of rotatable bonds is 5. The number of methoxy groups -OCH3 is 1. The Labute approximate surface area is 123 Å². The van der Waals surface area contributed by atoms with Crippen molar-refractivity contribution in [3.8, 4) is 0 Å². The van der Waals surface area contributed by atoms with Gasteiger partial charge in [0.25, 0.3) is 11.8 Å². The average Bonchev–Trinajstić information content (AvgIpc) is 2.82. The molecular weight excluding hydrogens is 306 g/mol. The predicted octanol–water partition coefficient (Wildman–Crippen LogP) is 0.202. The average molecular weight is 320 g/mol. The molecule has 0 bridgehead atoms. The molecule has 2 rings (SSSR count). The summed E-state index contributed by atoms with van der Waals surface area (Å²) in [6, 6.07) is 1.60. The maximum absolute atomic E-state index is 13.4. The van der Waals surface area contributed by atoms with Crippen molar-refractivity contribution in [1.29, 1.82) is 0 Å². The van der Waals surface area contributed by atoms with Gasteiger partial charge in [-0.25, -0.2) is 0 Å². The number of alkyl halides is 2.